The number of nitrogens with one attached hydrogen (secondary N) is 1. The SMILES string of the molecule is CC(=O)Nc1ccc(S(=O)(=O)N2CCCCC(c3ccc(Cl)cc3)C2)c(C)c1. The van der Waals surface area contributed by atoms with Crippen molar-refractivity contribution in [2.24, 2.45) is 0 Å². The molecule has 1 N–H and O–H groups in total. The number of benzene rings is 2. The van der Waals surface area contributed by atoms with Gasteiger partial charge in [0.05, 0.1) is 4.90 Å². The summed E-state index contributed by atoms with van der Waals surface area (Å²) >= 11 is 5.99. The van der Waals surface area contributed by atoms with E-state index in [1.54, 1.807) is 29.4 Å². The number of carbonyl (C=O) groups is 1. The quantitative estimate of drug-likeness (QED) is 0.788. The number of aryl methyl sites for hydroxylation is 1. The smallest absolute Gasteiger partial charge is 0.243 e. The molecular formula is C21H25ClN2O3S. The van der Waals surface area contributed by atoms with Gasteiger partial charge < -0.3 is 5.32 Å². The van der Waals surface area contributed by atoms with E-state index in [0.717, 1.165) is 24.8 Å². The molecule has 1 fully saturated rings. The van der Waals surface area contributed by atoms with Crippen LogP contribution in [-0.2, 0) is 14.8 Å². The van der Waals surface area contributed by atoms with Crippen molar-refractivity contribution in [2.75, 3.05) is 18.4 Å². The van der Waals surface area contributed by atoms with Gasteiger partial charge in [-0.25, -0.2) is 8.42 Å². The number of anilines is 1. The first-order valence-corrected chi connectivity index (χ1v) is 11.2. The molecule has 1 atom stereocenters. The van der Waals surface area contributed by atoms with Crippen molar-refractivity contribution < 1.29 is 13.2 Å². The van der Waals surface area contributed by atoms with E-state index in [2.05, 4.69) is 5.32 Å². The molecular weight excluding hydrogens is 396 g/mol. The van der Waals surface area contributed by atoms with E-state index >= 15 is 0 Å². The monoisotopic (exact) mass is 420 g/mol. The van der Waals surface area contributed by atoms with Crippen LogP contribution in [0.3, 0.4) is 0 Å². The molecule has 1 unspecified atom stereocenters. The minimum Gasteiger partial charge on any atom is -0.326 e. The van der Waals surface area contributed by atoms with E-state index in [1.807, 2.05) is 24.3 Å². The van der Waals surface area contributed by atoms with Gasteiger partial charge >= 0.3 is 0 Å². The summed E-state index contributed by atoms with van der Waals surface area (Å²) in [5, 5.41) is 3.37. The third-order valence-electron chi connectivity index (χ3n) is 5.09. The van der Waals surface area contributed by atoms with Gasteiger partial charge in [-0.15, -0.1) is 0 Å². The summed E-state index contributed by atoms with van der Waals surface area (Å²) in [5.41, 5.74) is 2.33. The lowest BCUT2D eigenvalue weighted by atomic mass is 9.95. The normalized spacial score (nSPS) is 18.5. The van der Waals surface area contributed by atoms with Crippen LogP contribution in [0.2, 0.25) is 5.02 Å². The topological polar surface area (TPSA) is 66.5 Å². The average molecular weight is 421 g/mol. The van der Waals surface area contributed by atoms with Crippen LogP contribution in [0.4, 0.5) is 5.69 Å². The molecule has 0 aliphatic carbocycles. The van der Waals surface area contributed by atoms with Crippen molar-refractivity contribution in [1.82, 2.24) is 4.31 Å². The molecule has 1 amide bonds. The summed E-state index contributed by atoms with van der Waals surface area (Å²) in [6.45, 7) is 4.15. The lowest BCUT2D eigenvalue weighted by molar-refractivity contribution is -0.114. The third kappa shape index (κ3) is 4.74. The van der Waals surface area contributed by atoms with Gasteiger partial charge in [-0.05, 0) is 67.1 Å². The fraction of sp³-hybridized carbons (Fsp3) is 0.381. The number of amides is 1. The number of carbonyl (C=O) groups excluding carboxylic acids is 1. The van der Waals surface area contributed by atoms with Gasteiger partial charge in [-0.2, -0.15) is 4.31 Å². The Hall–Kier alpha value is -1.89. The number of nitrogens with zero attached hydrogens (tertiary/aromatic N) is 1. The molecule has 3 rings (SSSR count). The van der Waals surface area contributed by atoms with Gasteiger partial charge in [0.1, 0.15) is 0 Å². The van der Waals surface area contributed by atoms with Crippen LogP contribution in [0, 0.1) is 6.92 Å². The van der Waals surface area contributed by atoms with Crippen LogP contribution in [0.5, 0.6) is 0 Å². The van der Waals surface area contributed by atoms with Gasteiger partial charge in [0.2, 0.25) is 15.9 Å². The van der Waals surface area contributed by atoms with E-state index in [0.29, 0.717) is 34.3 Å². The summed E-state index contributed by atoms with van der Waals surface area (Å²) < 4.78 is 28.3. The largest absolute Gasteiger partial charge is 0.326 e. The highest BCUT2D eigenvalue weighted by Gasteiger charge is 2.30. The molecule has 0 aromatic heterocycles. The Morgan fingerprint density at radius 3 is 2.50 bits per heavy atom. The van der Waals surface area contributed by atoms with E-state index in [9.17, 15) is 13.2 Å². The molecule has 0 saturated carbocycles. The van der Waals surface area contributed by atoms with Gasteiger partial charge in [-0.3, -0.25) is 4.79 Å². The Labute approximate surface area is 171 Å². The van der Waals surface area contributed by atoms with Crippen LogP contribution >= 0.6 is 11.6 Å². The Morgan fingerprint density at radius 1 is 1.14 bits per heavy atom. The number of sulfonamides is 1. The van der Waals surface area contributed by atoms with Crippen LogP contribution in [0.1, 0.15) is 43.2 Å². The molecule has 150 valence electrons. The maximum atomic E-state index is 13.3. The summed E-state index contributed by atoms with van der Waals surface area (Å²) in [5.74, 6) is -0.0400. The molecule has 1 aliphatic rings. The second-order valence-electron chi connectivity index (χ2n) is 7.27. The second kappa shape index (κ2) is 8.64. The maximum Gasteiger partial charge on any atom is 0.243 e. The predicted octanol–water partition coefficient (Wildman–Crippen LogP) is 4.57. The fourth-order valence-electron chi connectivity index (χ4n) is 3.69. The summed E-state index contributed by atoms with van der Waals surface area (Å²) in [4.78, 5) is 11.5. The first-order valence-electron chi connectivity index (χ1n) is 9.41. The van der Waals surface area contributed by atoms with Crippen molar-refractivity contribution in [3.63, 3.8) is 0 Å². The zero-order valence-electron chi connectivity index (χ0n) is 16.1. The third-order valence-corrected chi connectivity index (χ3v) is 7.37. The van der Waals surface area contributed by atoms with Crippen molar-refractivity contribution >= 4 is 33.2 Å². The molecule has 1 aliphatic heterocycles. The predicted molar refractivity (Wildman–Crippen MR) is 112 cm³/mol. The molecule has 0 radical (unpaired) electrons. The zero-order chi connectivity index (χ0) is 20.3. The number of rotatable bonds is 4. The Balaban J connectivity index is 1.87. The maximum absolute atomic E-state index is 13.3. The minimum absolute atomic E-state index is 0.147. The van der Waals surface area contributed by atoms with Crippen LogP contribution in [-0.4, -0.2) is 31.7 Å². The number of halogens is 1. The van der Waals surface area contributed by atoms with Crippen molar-refractivity contribution in [3.05, 3.63) is 58.6 Å². The molecule has 28 heavy (non-hydrogen) atoms. The number of hydrogen-bond acceptors (Lipinski definition) is 3. The number of hydrogen-bond donors (Lipinski definition) is 1. The Morgan fingerprint density at radius 2 is 1.86 bits per heavy atom. The summed E-state index contributed by atoms with van der Waals surface area (Å²) in [6, 6.07) is 12.6. The van der Waals surface area contributed by atoms with E-state index < -0.39 is 10.0 Å². The average Bonchev–Trinajstić information content (AvgIpc) is 2.88. The van der Waals surface area contributed by atoms with E-state index in [1.165, 1.54) is 6.92 Å². The van der Waals surface area contributed by atoms with Crippen LogP contribution in [0.15, 0.2) is 47.4 Å². The molecule has 0 spiro atoms. The fourth-order valence-corrected chi connectivity index (χ4v) is 5.55. The van der Waals surface area contributed by atoms with Crippen molar-refractivity contribution in [1.29, 1.82) is 0 Å². The zero-order valence-corrected chi connectivity index (χ0v) is 17.7. The molecule has 0 bridgehead atoms. The van der Waals surface area contributed by atoms with Gasteiger partial charge in [0, 0.05) is 30.7 Å². The Kier molecular flexibility index (Phi) is 6.43. The van der Waals surface area contributed by atoms with E-state index in [-0.39, 0.29) is 11.8 Å². The summed E-state index contributed by atoms with van der Waals surface area (Å²) in [6.07, 6.45) is 2.78. The van der Waals surface area contributed by atoms with Gasteiger partial charge in [0.15, 0.2) is 0 Å². The molecule has 1 heterocycles. The molecule has 1 saturated heterocycles. The van der Waals surface area contributed by atoms with E-state index in [4.69, 9.17) is 11.6 Å². The minimum atomic E-state index is -3.62. The first kappa shape index (κ1) is 20.8. The Bertz CT molecular complexity index is 958. The second-order valence-corrected chi connectivity index (χ2v) is 9.61. The lowest BCUT2D eigenvalue weighted by Crippen LogP contribution is -2.34. The first-order chi connectivity index (χ1) is 13.3. The lowest BCUT2D eigenvalue weighted by Gasteiger charge is -2.25. The highest BCUT2D eigenvalue weighted by molar-refractivity contribution is 7.89. The molecule has 2 aromatic carbocycles. The van der Waals surface area contributed by atoms with Crippen molar-refractivity contribution in [2.45, 2.75) is 43.9 Å². The van der Waals surface area contributed by atoms with Crippen LogP contribution < -0.4 is 5.32 Å². The van der Waals surface area contributed by atoms with Crippen LogP contribution in [0.25, 0.3) is 0 Å². The summed E-state index contributed by atoms with van der Waals surface area (Å²) in [7, 11) is -3.62. The molecule has 5 nitrogen and oxygen atoms in total. The van der Waals surface area contributed by atoms with Crippen molar-refractivity contribution in [3.8, 4) is 0 Å². The highest BCUT2D eigenvalue weighted by Crippen LogP contribution is 2.31. The molecule has 2 aromatic rings. The standard InChI is InChI=1S/C21H25ClN2O3S/c1-15-13-20(23-16(2)25)10-11-21(15)28(26,27)24-12-4-3-5-18(14-24)17-6-8-19(22)9-7-17/h6-11,13,18H,3-5,12,14H2,1-2H3,(H,23,25). The molecule has 7 heteroatoms. The highest BCUT2D eigenvalue weighted by atomic mass is 35.5. The van der Waals surface area contributed by atoms with Gasteiger partial charge in [0.25, 0.3) is 0 Å². The van der Waals surface area contributed by atoms with Gasteiger partial charge in [-0.1, -0.05) is 30.2 Å².